The molecule has 0 atom stereocenters. The third-order valence-electron chi connectivity index (χ3n) is 3.33. The predicted octanol–water partition coefficient (Wildman–Crippen LogP) is 2.93. The van der Waals surface area contributed by atoms with Crippen molar-refractivity contribution in [3.63, 3.8) is 0 Å². The van der Waals surface area contributed by atoms with Crippen molar-refractivity contribution in [2.45, 2.75) is 17.9 Å². The zero-order valence-corrected chi connectivity index (χ0v) is 14.5. The Morgan fingerprint density at radius 3 is 2.29 bits per heavy atom. The van der Waals surface area contributed by atoms with Gasteiger partial charge in [0.2, 0.25) is 10.0 Å². The van der Waals surface area contributed by atoms with E-state index < -0.39 is 26.6 Å². The molecule has 24 heavy (non-hydrogen) atoms. The first-order valence-electron chi connectivity index (χ1n) is 7.14. The topological polar surface area (TPSA) is 63.4 Å². The molecule has 0 amide bonds. The first kappa shape index (κ1) is 20.5. The Balaban J connectivity index is 0.00000288. The third kappa shape index (κ3) is 4.98. The predicted molar refractivity (Wildman–Crippen MR) is 91.3 cm³/mol. The van der Waals surface area contributed by atoms with E-state index in [-0.39, 0.29) is 25.5 Å². The molecule has 132 valence electrons. The highest BCUT2D eigenvalue weighted by Gasteiger charge is 2.27. The SMILES string of the molecule is Cl.NCCCN(Cc1ccccc1)S(=O)(=O)c1ccc(F)cc1F. The number of rotatable bonds is 7. The molecule has 0 aliphatic carbocycles. The molecule has 0 fully saturated rings. The van der Waals surface area contributed by atoms with E-state index in [0.717, 1.165) is 22.0 Å². The molecule has 2 aromatic rings. The van der Waals surface area contributed by atoms with Crippen molar-refractivity contribution in [2.75, 3.05) is 13.1 Å². The molecular formula is C16H19ClF2N2O2S. The number of sulfonamides is 1. The fourth-order valence-corrected chi connectivity index (χ4v) is 3.67. The van der Waals surface area contributed by atoms with E-state index in [2.05, 4.69) is 0 Å². The molecule has 0 saturated heterocycles. The summed E-state index contributed by atoms with van der Waals surface area (Å²) in [6.45, 7) is 0.567. The van der Waals surface area contributed by atoms with Gasteiger partial charge in [-0.3, -0.25) is 0 Å². The average molecular weight is 377 g/mol. The molecule has 0 aliphatic heterocycles. The summed E-state index contributed by atoms with van der Waals surface area (Å²) in [5.74, 6) is -1.92. The summed E-state index contributed by atoms with van der Waals surface area (Å²) >= 11 is 0. The van der Waals surface area contributed by atoms with Crippen molar-refractivity contribution in [3.8, 4) is 0 Å². The van der Waals surface area contributed by atoms with Gasteiger partial charge in [0.1, 0.15) is 16.5 Å². The van der Waals surface area contributed by atoms with Gasteiger partial charge in [-0.2, -0.15) is 4.31 Å². The maximum Gasteiger partial charge on any atom is 0.246 e. The van der Waals surface area contributed by atoms with Crippen LogP contribution in [0.25, 0.3) is 0 Å². The summed E-state index contributed by atoms with van der Waals surface area (Å²) in [7, 11) is -4.08. The van der Waals surface area contributed by atoms with Crippen LogP contribution in [0.2, 0.25) is 0 Å². The van der Waals surface area contributed by atoms with Crippen LogP contribution in [0.4, 0.5) is 8.78 Å². The lowest BCUT2D eigenvalue weighted by Crippen LogP contribution is -2.33. The normalized spacial score (nSPS) is 11.3. The van der Waals surface area contributed by atoms with Crippen molar-refractivity contribution >= 4 is 22.4 Å². The molecule has 2 rings (SSSR count). The first-order valence-corrected chi connectivity index (χ1v) is 8.58. The number of hydrogen-bond donors (Lipinski definition) is 1. The van der Waals surface area contributed by atoms with Crippen LogP contribution < -0.4 is 5.73 Å². The van der Waals surface area contributed by atoms with Gasteiger partial charge in [-0.1, -0.05) is 30.3 Å². The maximum absolute atomic E-state index is 13.9. The zero-order chi connectivity index (χ0) is 16.9. The van der Waals surface area contributed by atoms with Crippen molar-refractivity contribution in [2.24, 2.45) is 5.73 Å². The van der Waals surface area contributed by atoms with E-state index in [9.17, 15) is 17.2 Å². The maximum atomic E-state index is 13.9. The lowest BCUT2D eigenvalue weighted by atomic mass is 10.2. The van der Waals surface area contributed by atoms with Crippen LogP contribution in [-0.4, -0.2) is 25.8 Å². The molecule has 0 aromatic heterocycles. The van der Waals surface area contributed by atoms with Crippen LogP contribution in [0.1, 0.15) is 12.0 Å². The molecule has 0 bridgehead atoms. The van der Waals surface area contributed by atoms with Gasteiger partial charge in [-0.25, -0.2) is 17.2 Å². The first-order chi connectivity index (χ1) is 10.9. The van der Waals surface area contributed by atoms with Gasteiger partial charge >= 0.3 is 0 Å². The van der Waals surface area contributed by atoms with E-state index in [4.69, 9.17) is 5.73 Å². The fraction of sp³-hybridized carbons (Fsp3) is 0.250. The Kier molecular flexibility index (Phi) is 7.75. The number of benzene rings is 2. The average Bonchev–Trinajstić information content (AvgIpc) is 2.52. The Morgan fingerprint density at radius 1 is 1.04 bits per heavy atom. The van der Waals surface area contributed by atoms with Crippen molar-refractivity contribution in [3.05, 3.63) is 65.7 Å². The molecule has 0 spiro atoms. The molecule has 0 aliphatic rings. The molecule has 2 N–H and O–H groups in total. The van der Waals surface area contributed by atoms with E-state index in [1.165, 1.54) is 0 Å². The zero-order valence-electron chi connectivity index (χ0n) is 12.9. The number of halogens is 3. The monoisotopic (exact) mass is 376 g/mol. The van der Waals surface area contributed by atoms with Crippen LogP contribution in [0, 0.1) is 11.6 Å². The van der Waals surface area contributed by atoms with Crippen molar-refractivity contribution < 1.29 is 17.2 Å². The Hall–Kier alpha value is -1.54. The third-order valence-corrected chi connectivity index (χ3v) is 5.20. The van der Waals surface area contributed by atoms with Gasteiger partial charge in [0.25, 0.3) is 0 Å². The van der Waals surface area contributed by atoms with Crippen LogP contribution in [0.3, 0.4) is 0 Å². The van der Waals surface area contributed by atoms with E-state index >= 15 is 0 Å². The quantitative estimate of drug-likeness (QED) is 0.808. The highest BCUT2D eigenvalue weighted by molar-refractivity contribution is 7.89. The summed E-state index contributed by atoms with van der Waals surface area (Å²) in [5.41, 5.74) is 6.23. The summed E-state index contributed by atoms with van der Waals surface area (Å²) in [6.07, 6.45) is 0.439. The Labute approximate surface area is 146 Å². The van der Waals surface area contributed by atoms with Gasteiger partial charge in [-0.15, -0.1) is 12.4 Å². The smallest absolute Gasteiger partial charge is 0.246 e. The van der Waals surface area contributed by atoms with Crippen LogP contribution in [0.15, 0.2) is 53.4 Å². The van der Waals surface area contributed by atoms with Gasteiger partial charge in [0.05, 0.1) is 0 Å². The van der Waals surface area contributed by atoms with Gasteiger partial charge in [-0.05, 0) is 30.7 Å². The largest absolute Gasteiger partial charge is 0.330 e. The molecule has 0 radical (unpaired) electrons. The van der Waals surface area contributed by atoms with Crippen molar-refractivity contribution in [1.82, 2.24) is 4.31 Å². The molecule has 8 heteroatoms. The second-order valence-electron chi connectivity index (χ2n) is 5.04. The molecule has 2 aromatic carbocycles. The summed E-state index contributed by atoms with van der Waals surface area (Å²) < 4.78 is 53.5. The molecule has 4 nitrogen and oxygen atoms in total. The number of hydrogen-bond acceptors (Lipinski definition) is 3. The minimum absolute atomic E-state index is 0. The number of nitrogens with zero attached hydrogens (tertiary/aromatic N) is 1. The minimum Gasteiger partial charge on any atom is -0.330 e. The van der Waals surface area contributed by atoms with Crippen LogP contribution in [-0.2, 0) is 16.6 Å². The lowest BCUT2D eigenvalue weighted by Gasteiger charge is -2.22. The van der Waals surface area contributed by atoms with Crippen molar-refractivity contribution in [1.29, 1.82) is 0 Å². The summed E-state index contributed by atoms with van der Waals surface area (Å²) in [4.78, 5) is -0.535. The van der Waals surface area contributed by atoms with Gasteiger partial charge < -0.3 is 5.73 Å². The highest BCUT2D eigenvalue weighted by Crippen LogP contribution is 2.22. The van der Waals surface area contributed by atoms with Gasteiger partial charge in [0.15, 0.2) is 0 Å². The fourth-order valence-electron chi connectivity index (χ4n) is 2.16. The Morgan fingerprint density at radius 2 is 1.71 bits per heavy atom. The standard InChI is InChI=1S/C16H18F2N2O2S.ClH/c17-14-7-8-16(15(18)11-14)23(21,22)20(10-4-9-19)12-13-5-2-1-3-6-13;/h1-3,5-8,11H,4,9-10,12,19H2;1H. The highest BCUT2D eigenvalue weighted by atomic mass is 35.5. The molecule has 0 heterocycles. The van der Waals surface area contributed by atoms with E-state index in [1.807, 2.05) is 6.07 Å². The number of nitrogens with two attached hydrogens (primary N) is 1. The molecule has 0 saturated carbocycles. The Bertz CT molecular complexity index is 758. The van der Waals surface area contributed by atoms with E-state index in [1.54, 1.807) is 24.3 Å². The summed E-state index contributed by atoms with van der Waals surface area (Å²) in [6, 6.07) is 11.4. The second-order valence-corrected chi connectivity index (χ2v) is 6.95. The van der Waals surface area contributed by atoms with Crippen LogP contribution >= 0.6 is 12.4 Å². The molecule has 0 unspecified atom stereocenters. The minimum atomic E-state index is -4.08. The lowest BCUT2D eigenvalue weighted by molar-refractivity contribution is 0.398. The molecular weight excluding hydrogens is 358 g/mol. The summed E-state index contributed by atoms with van der Waals surface area (Å²) in [5, 5.41) is 0. The van der Waals surface area contributed by atoms with Crippen LogP contribution in [0.5, 0.6) is 0 Å². The van der Waals surface area contributed by atoms with E-state index in [0.29, 0.717) is 19.0 Å². The second kappa shape index (κ2) is 9.08. The van der Waals surface area contributed by atoms with Gasteiger partial charge in [0, 0.05) is 19.2 Å².